The smallest absolute Gasteiger partial charge is 0.126 e. The lowest BCUT2D eigenvalue weighted by atomic mass is 9.92. The van der Waals surface area contributed by atoms with Crippen LogP contribution in [0.25, 0.3) is 0 Å². The Hall–Kier alpha value is -1.87. The van der Waals surface area contributed by atoms with Gasteiger partial charge in [-0.3, -0.25) is 0 Å². The Labute approximate surface area is 123 Å². The van der Waals surface area contributed by atoms with E-state index in [4.69, 9.17) is 10.5 Å². The van der Waals surface area contributed by atoms with Crippen LogP contribution in [0.1, 0.15) is 54.0 Å². The molecule has 1 aliphatic carbocycles. The minimum Gasteiger partial charge on any atom is -0.485 e. The van der Waals surface area contributed by atoms with Crippen LogP contribution in [0.15, 0.2) is 42.5 Å². The molecule has 1 unspecified atom stereocenters. The third-order valence-corrected chi connectivity index (χ3v) is 4.44. The minimum absolute atomic E-state index is 0.0448. The van der Waals surface area contributed by atoms with Gasteiger partial charge in [0.2, 0.25) is 0 Å². The van der Waals surface area contributed by atoms with E-state index in [0.29, 0.717) is 12.2 Å². The lowest BCUT2D eigenvalue weighted by Crippen LogP contribution is -2.24. The van der Waals surface area contributed by atoms with Gasteiger partial charge in [-0.1, -0.05) is 24.3 Å². The molecule has 2 N–H and O–H groups in total. The van der Waals surface area contributed by atoms with Crippen molar-refractivity contribution in [2.24, 2.45) is 5.73 Å². The largest absolute Gasteiger partial charge is 0.485 e. The van der Waals surface area contributed by atoms with E-state index in [1.54, 1.807) is 6.07 Å². The maximum Gasteiger partial charge on any atom is 0.126 e. The molecule has 0 bridgehead atoms. The summed E-state index contributed by atoms with van der Waals surface area (Å²) >= 11 is 0. The number of ether oxygens (including phenoxy) is 1. The molecule has 0 spiro atoms. The third kappa shape index (κ3) is 2.42. The van der Waals surface area contributed by atoms with E-state index in [1.807, 2.05) is 0 Å². The number of hydrogen-bond donors (Lipinski definition) is 1. The molecule has 0 amide bonds. The molecule has 0 aromatic heterocycles. The van der Waals surface area contributed by atoms with E-state index in [-0.39, 0.29) is 18.0 Å². The molecule has 1 aliphatic heterocycles. The number of halogens is 1. The highest BCUT2D eigenvalue weighted by Gasteiger charge is 2.29. The quantitative estimate of drug-likeness (QED) is 0.895. The van der Waals surface area contributed by atoms with Gasteiger partial charge < -0.3 is 10.5 Å². The van der Waals surface area contributed by atoms with Crippen molar-refractivity contribution in [1.82, 2.24) is 0 Å². The van der Waals surface area contributed by atoms with Crippen molar-refractivity contribution in [3.05, 3.63) is 65.0 Å². The van der Waals surface area contributed by atoms with Crippen LogP contribution < -0.4 is 10.5 Å². The average molecular weight is 283 g/mol. The first-order valence-corrected chi connectivity index (χ1v) is 7.52. The van der Waals surface area contributed by atoms with Crippen molar-refractivity contribution in [2.75, 3.05) is 0 Å². The second-order valence-electron chi connectivity index (χ2n) is 6.08. The van der Waals surface area contributed by atoms with Crippen molar-refractivity contribution < 1.29 is 9.13 Å². The van der Waals surface area contributed by atoms with E-state index in [0.717, 1.165) is 11.5 Å². The summed E-state index contributed by atoms with van der Waals surface area (Å²) in [4.78, 5) is 0. The van der Waals surface area contributed by atoms with Gasteiger partial charge in [0, 0.05) is 18.0 Å². The van der Waals surface area contributed by atoms with Gasteiger partial charge in [0.15, 0.2) is 0 Å². The Morgan fingerprint density at radius 2 is 1.86 bits per heavy atom. The first kappa shape index (κ1) is 12.8. The van der Waals surface area contributed by atoms with E-state index in [9.17, 15) is 4.39 Å². The zero-order valence-corrected chi connectivity index (χ0v) is 11.8. The monoisotopic (exact) mass is 283 g/mol. The summed E-state index contributed by atoms with van der Waals surface area (Å²) in [6, 6.07) is 13.0. The van der Waals surface area contributed by atoms with Gasteiger partial charge >= 0.3 is 0 Å². The normalized spacial score (nSPS) is 24.3. The molecule has 1 fully saturated rings. The zero-order valence-electron chi connectivity index (χ0n) is 11.8. The van der Waals surface area contributed by atoms with Crippen molar-refractivity contribution in [3.8, 4) is 5.75 Å². The lowest BCUT2D eigenvalue weighted by molar-refractivity contribution is 0.161. The fraction of sp³-hybridized carbons (Fsp3) is 0.333. The number of hydrogen-bond acceptors (Lipinski definition) is 2. The third-order valence-electron chi connectivity index (χ3n) is 4.44. The molecule has 2 aromatic carbocycles. The Kier molecular flexibility index (Phi) is 2.96. The highest BCUT2D eigenvalue weighted by Crippen LogP contribution is 2.43. The number of nitrogens with two attached hydrogens (primary N) is 1. The molecule has 108 valence electrons. The van der Waals surface area contributed by atoms with Crippen LogP contribution in [0.4, 0.5) is 4.39 Å². The first-order valence-electron chi connectivity index (χ1n) is 7.52. The molecule has 2 atom stereocenters. The number of fused-ring (bicyclic) bond motifs is 1. The summed E-state index contributed by atoms with van der Waals surface area (Å²) in [6.07, 6.45) is 3.22. The van der Waals surface area contributed by atoms with Crippen LogP contribution in [0.3, 0.4) is 0 Å². The zero-order chi connectivity index (χ0) is 14.4. The molecule has 4 rings (SSSR count). The van der Waals surface area contributed by atoms with Crippen molar-refractivity contribution in [2.45, 2.75) is 37.3 Å². The summed E-state index contributed by atoms with van der Waals surface area (Å²) in [5.41, 5.74) is 9.54. The number of benzene rings is 2. The van der Waals surface area contributed by atoms with Gasteiger partial charge in [0.25, 0.3) is 0 Å². The summed E-state index contributed by atoms with van der Waals surface area (Å²) < 4.78 is 19.4. The Morgan fingerprint density at radius 3 is 2.67 bits per heavy atom. The predicted molar refractivity (Wildman–Crippen MR) is 79.7 cm³/mol. The molecular formula is C18H18FNO. The van der Waals surface area contributed by atoms with Crippen LogP contribution in [-0.4, -0.2) is 0 Å². The molecule has 1 heterocycles. The van der Waals surface area contributed by atoms with Gasteiger partial charge in [0.05, 0.1) is 0 Å². The van der Waals surface area contributed by atoms with Crippen LogP contribution in [-0.2, 0) is 0 Å². The Balaban J connectivity index is 1.65. The highest BCUT2D eigenvalue weighted by molar-refractivity contribution is 5.40. The molecule has 0 radical (unpaired) electrons. The van der Waals surface area contributed by atoms with Gasteiger partial charge in [-0.25, -0.2) is 4.39 Å². The van der Waals surface area contributed by atoms with Crippen molar-refractivity contribution in [1.29, 1.82) is 0 Å². The molecule has 2 aromatic rings. The standard InChI is InChI=1S/C18H18FNO/c19-14-6-7-17-15(9-14)16(20)10-18(21-17)13-3-1-2-12(8-13)11-4-5-11/h1-3,6-9,11,16,18H,4-5,10,20H2/t16-,18?/m1/s1. The first-order chi connectivity index (χ1) is 10.2. The molecule has 0 saturated heterocycles. The van der Waals surface area contributed by atoms with E-state index >= 15 is 0 Å². The fourth-order valence-corrected chi connectivity index (χ4v) is 3.11. The maximum atomic E-state index is 13.3. The van der Waals surface area contributed by atoms with Crippen molar-refractivity contribution in [3.63, 3.8) is 0 Å². The Bertz CT molecular complexity index is 681. The molecule has 3 heteroatoms. The van der Waals surface area contributed by atoms with Crippen LogP contribution in [0, 0.1) is 5.82 Å². The molecule has 1 saturated carbocycles. The predicted octanol–water partition coefficient (Wildman–Crippen LogP) is 4.23. The summed E-state index contributed by atoms with van der Waals surface area (Å²) in [6.45, 7) is 0. The molecule has 21 heavy (non-hydrogen) atoms. The van der Waals surface area contributed by atoms with Gasteiger partial charge in [-0.15, -0.1) is 0 Å². The topological polar surface area (TPSA) is 35.2 Å². The second kappa shape index (κ2) is 4.85. The summed E-state index contributed by atoms with van der Waals surface area (Å²) in [5, 5.41) is 0. The highest BCUT2D eigenvalue weighted by atomic mass is 19.1. The fourth-order valence-electron chi connectivity index (χ4n) is 3.11. The number of rotatable bonds is 2. The van der Waals surface area contributed by atoms with Gasteiger partial charge in [0.1, 0.15) is 17.7 Å². The van der Waals surface area contributed by atoms with Crippen LogP contribution in [0.2, 0.25) is 0 Å². The van der Waals surface area contributed by atoms with E-state index in [1.165, 1.54) is 36.1 Å². The SMILES string of the molecule is N[C@@H]1CC(c2cccc(C3CC3)c2)Oc2ccc(F)cc21. The van der Waals surface area contributed by atoms with Gasteiger partial charge in [-0.05, 0) is 48.1 Å². The van der Waals surface area contributed by atoms with E-state index < -0.39 is 0 Å². The molecule has 2 nitrogen and oxygen atoms in total. The lowest BCUT2D eigenvalue weighted by Gasteiger charge is -2.30. The van der Waals surface area contributed by atoms with Crippen LogP contribution >= 0.6 is 0 Å². The average Bonchev–Trinajstić information content (AvgIpc) is 3.33. The maximum absolute atomic E-state index is 13.3. The van der Waals surface area contributed by atoms with Crippen molar-refractivity contribution >= 4 is 0 Å². The molecular weight excluding hydrogens is 265 g/mol. The van der Waals surface area contributed by atoms with E-state index in [2.05, 4.69) is 24.3 Å². The van der Waals surface area contributed by atoms with Crippen LogP contribution in [0.5, 0.6) is 5.75 Å². The minimum atomic E-state index is -0.262. The second-order valence-corrected chi connectivity index (χ2v) is 6.08. The Morgan fingerprint density at radius 1 is 1.05 bits per heavy atom. The summed E-state index contributed by atoms with van der Waals surface area (Å²) in [7, 11) is 0. The van der Waals surface area contributed by atoms with Gasteiger partial charge in [-0.2, -0.15) is 0 Å². The molecule has 2 aliphatic rings. The summed E-state index contributed by atoms with van der Waals surface area (Å²) in [5.74, 6) is 1.17.